The Morgan fingerprint density at radius 3 is 1.00 bits per heavy atom. The molecule has 0 unspecified atom stereocenters. The molecule has 0 saturated heterocycles. The Balaban J connectivity index is -0.000000116. The average Bonchev–Trinajstić information content (AvgIpc) is 2.39. The Labute approximate surface area is 146 Å². The normalized spacial score (nSPS) is 9.10. The van der Waals surface area contributed by atoms with Gasteiger partial charge in [-0.05, 0) is 27.7 Å². The van der Waals surface area contributed by atoms with E-state index in [1.54, 1.807) is 0 Å². The fourth-order valence-corrected chi connectivity index (χ4v) is 0.937. The number of rotatable bonds is 10. The third-order valence-corrected chi connectivity index (χ3v) is 1.61. The molecular weight excluding hydrogens is 303 g/mol. The van der Waals surface area contributed by atoms with Crippen molar-refractivity contribution in [2.45, 2.75) is 40.3 Å². The molecule has 0 amide bonds. The van der Waals surface area contributed by atoms with E-state index in [9.17, 15) is 0 Å². The van der Waals surface area contributed by atoms with Gasteiger partial charge in [0.15, 0.2) is 0 Å². The zero-order chi connectivity index (χ0) is 14.2. The van der Waals surface area contributed by atoms with E-state index in [-0.39, 0.29) is 48.5 Å². The molecule has 0 aliphatic carbocycles. The molecular formula is C14H26CuLiO4. The molecule has 0 aromatic carbocycles. The van der Waals surface area contributed by atoms with Crippen molar-refractivity contribution in [3.8, 4) is 0 Å². The van der Waals surface area contributed by atoms with Crippen LogP contribution in [0.2, 0.25) is 0 Å². The minimum atomic E-state index is -0.347. The topological polar surface area (TPSA) is 36.9 Å². The number of ether oxygens (including phenoxy) is 4. The summed E-state index contributed by atoms with van der Waals surface area (Å²) >= 11 is 0. The van der Waals surface area contributed by atoms with E-state index >= 15 is 0 Å². The van der Waals surface area contributed by atoms with Gasteiger partial charge in [0.25, 0.3) is 0 Å². The van der Waals surface area contributed by atoms with Crippen molar-refractivity contribution in [1.29, 1.82) is 0 Å². The van der Waals surface area contributed by atoms with E-state index in [0.29, 0.717) is 26.4 Å². The average molecular weight is 329 g/mol. The number of hydrogen-bond donors (Lipinski definition) is 0. The van der Waals surface area contributed by atoms with E-state index in [1.807, 2.05) is 27.7 Å². The fourth-order valence-electron chi connectivity index (χ4n) is 0.937. The van der Waals surface area contributed by atoms with Crippen molar-refractivity contribution in [3.63, 3.8) is 0 Å². The first kappa shape index (κ1) is 28.6. The van der Waals surface area contributed by atoms with Gasteiger partial charge in [0.2, 0.25) is 0 Å². The third-order valence-electron chi connectivity index (χ3n) is 1.61. The Bertz CT molecular complexity index is 162. The van der Waals surface area contributed by atoms with Crippen LogP contribution in [0, 0.1) is 12.2 Å². The summed E-state index contributed by atoms with van der Waals surface area (Å²) in [6.07, 6.45) is 4.52. The standard InChI is InChI=1S/2C7H13O2.Cu.Li/c2*1-4-7(8-5-2)9-6-3;;/h2*7H,1,5-6H2,2-3H3;;/q2*-1;2*+1. The van der Waals surface area contributed by atoms with Crippen molar-refractivity contribution >= 4 is 0 Å². The Kier molecular flexibility index (Phi) is 34.9. The van der Waals surface area contributed by atoms with Crippen LogP contribution in [0.1, 0.15) is 27.7 Å². The third kappa shape index (κ3) is 20.7. The number of hydrogen-bond acceptors (Lipinski definition) is 4. The van der Waals surface area contributed by atoms with Gasteiger partial charge in [-0.1, -0.05) is 0 Å². The zero-order valence-electron chi connectivity index (χ0n) is 13.3. The van der Waals surface area contributed by atoms with E-state index in [0.717, 1.165) is 0 Å². The van der Waals surface area contributed by atoms with Crippen LogP contribution in [0.3, 0.4) is 0 Å². The van der Waals surface area contributed by atoms with Gasteiger partial charge in [0.05, 0.1) is 0 Å². The summed E-state index contributed by atoms with van der Waals surface area (Å²) in [6.45, 7) is 17.0. The Morgan fingerprint density at radius 1 is 0.700 bits per heavy atom. The zero-order valence-corrected chi connectivity index (χ0v) is 14.3. The molecule has 0 atom stereocenters. The Morgan fingerprint density at radius 2 is 0.900 bits per heavy atom. The minimum absolute atomic E-state index is 0. The molecule has 0 fully saturated rings. The SMILES string of the molecule is C=[C-]C(OCC)OCC.C=[C-]C(OCC)OCC.[Cu+].[Li+]. The maximum absolute atomic E-state index is 5.04. The molecule has 0 N–H and O–H groups in total. The molecule has 0 saturated carbocycles. The van der Waals surface area contributed by atoms with Crippen LogP contribution in [0.5, 0.6) is 0 Å². The van der Waals surface area contributed by atoms with E-state index in [4.69, 9.17) is 18.9 Å². The predicted octanol–water partition coefficient (Wildman–Crippen LogP) is -0.249. The van der Waals surface area contributed by atoms with Crippen molar-refractivity contribution in [3.05, 3.63) is 25.3 Å². The van der Waals surface area contributed by atoms with Crippen molar-refractivity contribution in [1.82, 2.24) is 0 Å². The predicted molar refractivity (Wildman–Crippen MR) is 71.8 cm³/mol. The first-order chi connectivity index (χ1) is 8.69. The van der Waals surface area contributed by atoms with Gasteiger partial charge in [-0.25, -0.2) is 0 Å². The summed E-state index contributed by atoms with van der Waals surface area (Å²) < 4.78 is 20.1. The monoisotopic (exact) mass is 328 g/mol. The molecule has 0 aliphatic rings. The van der Waals surface area contributed by atoms with Crippen molar-refractivity contribution in [2.75, 3.05) is 26.4 Å². The molecule has 6 heteroatoms. The van der Waals surface area contributed by atoms with Crippen LogP contribution >= 0.6 is 0 Å². The van der Waals surface area contributed by atoms with Gasteiger partial charge in [-0.15, -0.1) is 0 Å². The smallest absolute Gasteiger partial charge is 0.446 e. The molecule has 20 heavy (non-hydrogen) atoms. The van der Waals surface area contributed by atoms with E-state index < -0.39 is 0 Å². The Hall–Kier alpha value is 0.437. The maximum Gasteiger partial charge on any atom is 1.00 e. The molecule has 0 radical (unpaired) electrons. The van der Waals surface area contributed by atoms with E-state index in [2.05, 4.69) is 25.3 Å². The second-order valence-electron chi connectivity index (χ2n) is 2.89. The van der Waals surface area contributed by atoms with Crippen LogP contribution in [-0.2, 0) is 36.0 Å². The molecule has 0 heterocycles. The van der Waals surface area contributed by atoms with Gasteiger partial charge in [0.1, 0.15) is 0 Å². The van der Waals surface area contributed by atoms with Crippen molar-refractivity contribution in [2.24, 2.45) is 0 Å². The molecule has 0 rings (SSSR count). The summed E-state index contributed by atoms with van der Waals surface area (Å²) in [5.74, 6) is 0. The van der Waals surface area contributed by atoms with Crippen LogP contribution < -0.4 is 18.9 Å². The van der Waals surface area contributed by atoms with Crippen molar-refractivity contribution < 1.29 is 54.9 Å². The first-order valence-electron chi connectivity index (χ1n) is 6.21. The largest absolute Gasteiger partial charge is 1.00 e. The molecule has 118 valence electrons. The van der Waals surface area contributed by atoms with Crippen LogP contribution in [-0.4, -0.2) is 39.0 Å². The summed E-state index contributed by atoms with van der Waals surface area (Å²) in [5, 5.41) is 0. The molecule has 0 aromatic heterocycles. The molecule has 0 spiro atoms. The molecule has 4 nitrogen and oxygen atoms in total. The maximum atomic E-state index is 5.04. The summed E-state index contributed by atoms with van der Waals surface area (Å²) in [6, 6.07) is 0. The summed E-state index contributed by atoms with van der Waals surface area (Å²) in [5.41, 5.74) is 0. The molecule has 0 aromatic rings. The fraction of sp³-hybridized carbons (Fsp3) is 0.714. The van der Waals surface area contributed by atoms with Crippen LogP contribution in [0.4, 0.5) is 0 Å². The van der Waals surface area contributed by atoms with Gasteiger partial charge >= 0.3 is 35.9 Å². The second-order valence-corrected chi connectivity index (χ2v) is 2.89. The van der Waals surface area contributed by atoms with Gasteiger partial charge in [0, 0.05) is 39.0 Å². The van der Waals surface area contributed by atoms with Crippen LogP contribution in [0.15, 0.2) is 13.2 Å². The van der Waals surface area contributed by atoms with Gasteiger partial charge in [-0.3, -0.25) is 13.2 Å². The van der Waals surface area contributed by atoms with Gasteiger partial charge < -0.3 is 31.1 Å². The van der Waals surface area contributed by atoms with E-state index in [1.165, 1.54) is 0 Å². The second kappa shape index (κ2) is 24.5. The summed E-state index contributed by atoms with van der Waals surface area (Å²) in [4.78, 5) is 0. The van der Waals surface area contributed by atoms with Gasteiger partial charge in [-0.2, -0.15) is 0 Å². The molecule has 0 aliphatic heterocycles. The minimum Gasteiger partial charge on any atom is -0.446 e. The first-order valence-corrected chi connectivity index (χ1v) is 6.21. The van der Waals surface area contributed by atoms with Crippen LogP contribution in [0.25, 0.3) is 0 Å². The quantitative estimate of drug-likeness (QED) is 0.315. The summed E-state index contributed by atoms with van der Waals surface area (Å²) in [7, 11) is 0. The molecule has 0 bridgehead atoms.